The predicted molar refractivity (Wildman–Crippen MR) is 93.9 cm³/mol. The summed E-state index contributed by atoms with van der Waals surface area (Å²) in [5.74, 6) is -1.39. The van der Waals surface area contributed by atoms with Crippen molar-refractivity contribution in [3.63, 3.8) is 0 Å². The maximum atomic E-state index is 12.0. The van der Waals surface area contributed by atoms with Crippen molar-refractivity contribution in [3.8, 4) is 5.75 Å². The van der Waals surface area contributed by atoms with Crippen molar-refractivity contribution < 1.29 is 19.4 Å². The molecule has 2 aromatic rings. The Balaban J connectivity index is 2.20. The number of aromatic hydroxyl groups is 1. The largest absolute Gasteiger partial charge is 0.505 e. The van der Waals surface area contributed by atoms with Gasteiger partial charge in [-0.05, 0) is 57.6 Å². The third-order valence-corrected chi connectivity index (χ3v) is 4.58. The third-order valence-electron chi connectivity index (χ3n) is 3.05. The molecule has 0 aliphatic rings. The minimum absolute atomic E-state index is 0.000792. The Labute approximate surface area is 145 Å². The Kier molecular flexibility index (Phi) is 5.57. The Hall–Kier alpha value is -2.12. The summed E-state index contributed by atoms with van der Waals surface area (Å²) < 4.78 is 5.56. The van der Waals surface area contributed by atoms with E-state index in [0.717, 1.165) is 9.35 Å². The molecule has 2 rings (SSSR count). The molecule has 23 heavy (non-hydrogen) atoms. The second kappa shape index (κ2) is 7.43. The fourth-order valence-corrected chi connectivity index (χ4v) is 3.02. The van der Waals surface area contributed by atoms with E-state index >= 15 is 0 Å². The van der Waals surface area contributed by atoms with Gasteiger partial charge in [-0.3, -0.25) is 4.79 Å². The van der Waals surface area contributed by atoms with Crippen molar-refractivity contribution >= 4 is 50.9 Å². The molecule has 1 aromatic carbocycles. The van der Waals surface area contributed by atoms with Gasteiger partial charge in [0.2, 0.25) is 5.91 Å². The zero-order valence-electron chi connectivity index (χ0n) is 12.4. The van der Waals surface area contributed by atoms with Crippen molar-refractivity contribution in [2.75, 3.05) is 12.4 Å². The summed E-state index contributed by atoms with van der Waals surface area (Å²) in [4.78, 5) is 23.6. The number of carbonyl (C=O) groups excluding carboxylic acids is 2. The molecule has 1 aromatic heterocycles. The Morgan fingerprint density at radius 1 is 1.39 bits per heavy atom. The second-order valence-corrected chi connectivity index (χ2v) is 6.94. The zero-order valence-corrected chi connectivity index (χ0v) is 14.8. The lowest BCUT2D eigenvalue weighted by Crippen LogP contribution is -2.11. The number of hydrogen-bond acceptors (Lipinski definition) is 5. The minimum Gasteiger partial charge on any atom is -0.505 e. The predicted octanol–water partition coefficient (Wildman–Crippen LogP) is 3.96. The average Bonchev–Trinajstić information content (AvgIpc) is 2.94. The van der Waals surface area contributed by atoms with Crippen molar-refractivity contribution in [2.24, 2.45) is 0 Å². The van der Waals surface area contributed by atoms with Gasteiger partial charge in [-0.1, -0.05) is 6.07 Å². The van der Waals surface area contributed by atoms with E-state index in [-0.39, 0.29) is 17.0 Å². The van der Waals surface area contributed by atoms with Crippen molar-refractivity contribution in [1.82, 2.24) is 0 Å². The zero-order chi connectivity index (χ0) is 17.0. The summed E-state index contributed by atoms with van der Waals surface area (Å²) in [6.45, 7) is 1.72. The quantitative estimate of drug-likeness (QED) is 0.466. The molecule has 0 radical (unpaired) electrons. The number of rotatable bonds is 4. The van der Waals surface area contributed by atoms with Crippen molar-refractivity contribution in [2.45, 2.75) is 6.92 Å². The van der Waals surface area contributed by atoms with E-state index in [0.29, 0.717) is 5.56 Å². The first-order valence-electron chi connectivity index (χ1n) is 6.56. The lowest BCUT2D eigenvalue weighted by atomic mass is 10.1. The summed E-state index contributed by atoms with van der Waals surface area (Å²) in [5, 5.41) is 14.6. The van der Waals surface area contributed by atoms with Crippen LogP contribution >= 0.6 is 27.3 Å². The first-order chi connectivity index (χ1) is 10.9. The summed E-state index contributed by atoms with van der Waals surface area (Å²) in [6.07, 6.45) is 3.02. The molecule has 0 bridgehead atoms. The molecule has 0 spiro atoms. The number of phenolic OH excluding ortho intramolecular Hbond substituents is 1. The highest BCUT2D eigenvalue weighted by molar-refractivity contribution is 9.11. The van der Waals surface area contributed by atoms with Crippen molar-refractivity contribution in [3.05, 3.63) is 50.1 Å². The highest BCUT2D eigenvalue weighted by atomic mass is 79.9. The van der Waals surface area contributed by atoms with Gasteiger partial charge >= 0.3 is 5.97 Å². The molecule has 120 valence electrons. The molecule has 0 saturated heterocycles. The van der Waals surface area contributed by atoms with Crippen LogP contribution in [-0.2, 0) is 9.53 Å². The third kappa shape index (κ3) is 4.20. The second-order valence-electron chi connectivity index (χ2n) is 4.65. The first kappa shape index (κ1) is 17.2. The van der Waals surface area contributed by atoms with Crippen LogP contribution in [0, 0.1) is 6.92 Å². The summed E-state index contributed by atoms with van der Waals surface area (Å²) >= 11 is 4.86. The van der Waals surface area contributed by atoms with Gasteiger partial charge in [-0.25, -0.2) is 4.79 Å². The van der Waals surface area contributed by atoms with Gasteiger partial charge in [0.1, 0.15) is 5.56 Å². The molecule has 1 amide bonds. The van der Waals surface area contributed by atoms with Gasteiger partial charge in [0.25, 0.3) is 0 Å². The number of halogens is 1. The number of carbonyl (C=O) groups is 2. The van der Waals surface area contributed by atoms with Gasteiger partial charge in [0.15, 0.2) is 5.75 Å². The van der Waals surface area contributed by atoms with Crippen LogP contribution in [0.2, 0.25) is 0 Å². The number of anilines is 1. The minimum atomic E-state index is -0.670. The van der Waals surface area contributed by atoms with Crippen LogP contribution in [0.1, 0.15) is 21.5 Å². The maximum absolute atomic E-state index is 12.0. The number of benzene rings is 1. The van der Waals surface area contributed by atoms with Crippen LogP contribution in [0.15, 0.2) is 33.4 Å². The molecule has 0 atom stereocenters. The molecule has 0 saturated carbocycles. The maximum Gasteiger partial charge on any atom is 0.341 e. The smallest absolute Gasteiger partial charge is 0.341 e. The van der Waals surface area contributed by atoms with E-state index in [1.165, 1.54) is 30.6 Å². The molecule has 0 unspecified atom stereocenters. The van der Waals surface area contributed by atoms with Crippen LogP contribution in [0.4, 0.5) is 5.69 Å². The van der Waals surface area contributed by atoms with Gasteiger partial charge in [0, 0.05) is 6.08 Å². The normalized spacial score (nSPS) is 10.7. The molecule has 0 fully saturated rings. The molecule has 7 heteroatoms. The number of methoxy groups -OCH3 is 1. The molecular formula is C16H14BrNO4S. The Bertz CT molecular complexity index is 782. The van der Waals surface area contributed by atoms with Crippen molar-refractivity contribution in [1.29, 1.82) is 0 Å². The fraction of sp³-hybridized carbons (Fsp3) is 0.125. The van der Waals surface area contributed by atoms with Crippen LogP contribution in [-0.4, -0.2) is 24.1 Å². The molecule has 5 nitrogen and oxygen atoms in total. The van der Waals surface area contributed by atoms with Gasteiger partial charge in [-0.2, -0.15) is 0 Å². The number of esters is 1. The van der Waals surface area contributed by atoms with E-state index < -0.39 is 11.9 Å². The number of ether oxygens (including phenoxy) is 1. The SMILES string of the molecule is COC(=O)c1ccc(C)c(NC(=O)/C=C/c2csc(Br)c2)c1O. The molecule has 0 aliphatic carbocycles. The fourth-order valence-electron chi connectivity index (χ4n) is 1.87. The molecule has 0 aliphatic heterocycles. The van der Waals surface area contributed by atoms with Crippen LogP contribution < -0.4 is 5.32 Å². The van der Waals surface area contributed by atoms with Gasteiger partial charge < -0.3 is 15.2 Å². The van der Waals surface area contributed by atoms with E-state index in [4.69, 9.17) is 0 Å². The number of amides is 1. The number of thiophene rings is 1. The summed E-state index contributed by atoms with van der Waals surface area (Å²) in [7, 11) is 1.22. The lowest BCUT2D eigenvalue weighted by Gasteiger charge is -2.11. The summed E-state index contributed by atoms with van der Waals surface area (Å²) in [6, 6.07) is 4.96. The van der Waals surface area contributed by atoms with E-state index in [9.17, 15) is 14.7 Å². The Morgan fingerprint density at radius 2 is 2.13 bits per heavy atom. The highest BCUT2D eigenvalue weighted by Crippen LogP contribution is 2.31. The highest BCUT2D eigenvalue weighted by Gasteiger charge is 2.17. The summed E-state index contributed by atoms with van der Waals surface area (Å²) in [5.41, 5.74) is 1.71. The van der Waals surface area contributed by atoms with Crippen LogP contribution in [0.3, 0.4) is 0 Å². The van der Waals surface area contributed by atoms with Crippen LogP contribution in [0.25, 0.3) is 6.08 Å². The Morgan fingerprint density at radius 3 is 2.74 bits per heavy atom. The number of hydrogen-bond donors (Lipinski definition) is 2. The number of aryl methyl sites for hydroxylation is 1. The standard InChI is InChI=1S/C16H14BrNO4S/c1-9-3-5-11(16(21)22-2)15(20)14(9)18-13(19)6-4-10-7-12(17)23-8-10/h3-8,20H,1-2H3,(H,18,19)/b6-4+. The van der Waals surface area contributed by atoms with Crippen LogP contribution in [0.5, 0.6) is 5.75 Å². The molecular weight excluding hydrogens is 382 g/mol. The first-order valence-corrected chi connectivity index (χ1v) is 8.23. The van der Waals surface area contributed by atoms with E-state index in [1.807, 2.05) is 11.4 Å². The average molecular weight is 396 g/mol. The van der Waals surface area contributed by atoms with Gasteiger partial charge in [-0.15, -0.1) is 11.3 Å². The topological polar surface area (TPSA) is 75.6 Å². The monoisotopic (exact) mass is 395 g/mol. The lowest BCUT2D eigenvalue weighted by molar-refractivity contribution is -0.111. The number of nitrogens with one attached hydrogen (secondary N) is 1. The van der Waals surface area contributed by atoms with Gasteiger partial charge in [0.05, 0.1) is 16.6 Å². The van der Waals surface area contributed by atoms with E-state index in [1.54, 1.807) is 19.1 Å². The molecule has 1 heterocycles. The molecule has 2 N–H and O–H groups in total. The number of phenols is 1. The van der Waals surface area contributed by atoms with E-state index in [2.05, 4.69) is 26.0 Å².